The Hall–Kier alpha value is -4.20. The van der Waals surface area contributed by atoms with Crippen LogP contribution in [0.3, 0.4) is 0 Å². The van der Waals surface area contributed by atoms with Crippen LogP contribution in [-0.4, -0.2) is 40.3 Å². The second kappa shape index (κ2) is 9.69. The van der Waals surface area contributed by atoms with Crippen molar-refractivity contribution in [3.05, 3.63) is 88.6 Å². The summed E-state index contributed by atoms with van der Waals surface area (Å²) >= 11 is 0. The van der Waals surface area contributed by atoms with E-state index in [2.05, 4.69) is 20.9 Å². The van der Waals surface area contributed by atoms with Crippen LogP contribution in [0, 0.1) is 6.92 Å². The molecule has 2 aliphatic rings. The van der Waals surface area contributed by atoms with E-state index < -0.39 is 5.41 Å². The Morgan fingerprint density at radius 2 is 1.86 bits per heavy atom. The Kier molecular flexibility index (Phi) is 6.41. The number of anilines is 2. The van der Waals surface area contributed by atoms with E-state index in [0.717, 1.165) is 27.8 Å². The third kappa shape index (κ3) is 4.79. The van der Waals surface area contributed by atoms with E-state index in [1.165, 1.54) is 4.90 Å². The molecular formula is C29H31N5O3. The van der Waals surface area contributed by atoms with Gasteiger partial charge in [-0.15, -0.1) is 0 Å². The van der Waals surface area contributed by atoms with Gasteiger partial charge in [-0.25, -0.2) is 9.78 Å². The molecule has 1 spiro atoms. The van der Waals surface area contributed by atoms with Crippen LogP contribution >= 0.6 is 0 Å². The minimum atomic E-state index is -0.659. The van der Waals surface area contributed by atoms with Crippen LogP contribution in [0.15, 0.2) is 60.8 Å². The first-order chi connectivity index (χ1) is 17.7. The van der Waals surface area contributed by atoms with E-state index >= 15 is 0 Å². The lowest BCUT2D eigenvalue weighted by atomic mass is 9.79. The lowest BCUT2D eigenvalue weighted by Gasteiger charge is -2.24. The summed E-state index contributed by atoms with van der Waals surface area (Å²) in [5.74, 6) is 0.307. The third-order valence-electron chi connectivity index (χ3n) is 7.12. The zero-order chi connectivity index (χ0) is 26.2. The van der Waals surface area contributed by atoms with Crippen molar-refractivity contribution < 1.29 is 14.4 Å². The average Bonchev–Trinajstić information content (AvgIpc) is 3.36. The van der Waals surface area contributed by atoms with E-state index in [-0.39, 0.29) is 30.4 Å². The molecule has 2 heterocycles. The van der Waals surface area contributed by atoms with Crippen molar-refractivity contribution in [1.29, 1.82) is 0 Å². The number of urea groups is 1. The SMILES string of the molecule is Cc1ccccc1CN(CC(=O)Nc1ccc2c(c1)CC1(C2)C(=O)Nc2ncccc21)C(=O)NC(C)C. The fraction of sp³-hybridized carbons (Fsp3) is 0.310. The smallest absolute Gasteiger partial charge is 0.318 e. The number of pyridine rings is 1. The van der Waals surface area contributed by atoms with Crippen molar-refractivity contribution in [2.75, 3.05) is 17.2 Å². The first kappa shape index (κ1) is 24.5. The molecule has 4 amide bonds. The van der Waals surface area contributed by atoms with Gasteiger partial charge in [0.05, 0.1) is 5.41 Å². The van der Waals surface area contributed by atoms with Crippen molar-refractivity contribution in [2.24, 2.45) is 0 Å². The van der Waals surface area contributed by atoms with E-state index in [0.29, 0.717) is 30.9 Å². The second-order valence-corrected chi connectivity index (χ2v) is 10.2. The zero-order valence-electron chi connectivity index (χ0n) is 21.3. The van der Waals surface area contributed by atoms with Crippen LogP contribution in [-0.2, 0) is 34.4 Å². The Morgan fingerprint density at radius 3 is 2.65 bits per heavy atom. The van der Waals surface area contributed by atoms with Crippen LogP contribution in [0.5, 0.6) is 0 Å². The first-order valence-corrected chi connectivity index (χ1v) is 12.5. The summed E-state index contributed by atoms with van der Waals surface area (Å²) in [6, 6.07) is 17.1. The maximum Gasteiger partial charge on any atom is 0.318 e. The van der Waals surface area contributed by atoms with Crippen LogP contribution in [0.1, 0.15) is 41.7 Å². The fourth-order valence-electron chi connectivity index (χ4n) is 5.25. The molecule has 3 aromatic rings. The molecule has 0 saturated carbocycles. The van der Waals surface area contributed by atoms with Crippen LogP contribution < -0.4 is 16.0 Å². The van der Waals surface area contributed by atoms with Gasteiger partial charge < -0.3 is 20.9 Å². The predicted molar refractivity (Wildman–Crippen MR) is 142 cm³/mol. The number of rotatable bonds is 6. The Morgan fingerprint density at radius 1 is 1.08 bits per heavy atom. The topological polar surface area (TPSA) is 103 Å². The molecule has 0 fully saturated rings. The minimum absolute atomic E-state index is 0.0361. The van der Waals surface area contributed by atoms with E-state index in [1.54, 1.807) is 6.20 Å². The summed E-state index contributed by atoms with van der Waals surface area (Å²) in [6.45, 7) is 6.01. The van der Waals surface area contributed by atoms with Gasteiger partial charge in [-0.1, -0.05) is 36.4 Å². The number of aromatic nitrogens is 1. The number of amides is 4. The van der Waals surface area contributed by atoms with Crippen molar-refractivity contribution in [1.82, 2.24) is 15.2 Å². The predicted octanol–water partition coefficient (Wildman–Crippen LogP) is 3.94. The summed E-state index contributed by atoms with van der Waals surface area (Å²) in [6.07, 6.45) is 2.82. The fourth-order valence-corrected chi connectivity index (χ4v) is 5.25. The molecule has 0 bridgehead atoms. The van der Waals surface area contributed by atoms with Gasteiger partial charge in [-0.05, 0) is 74.1 Å². The molecular weight excluding hydrogens is 466 g/mol. The number of hydrogen-bond donors (Lipinski definition) is 3. The molecule has 5 rings (SSSR count). The molecule has 2 aromatic carbocycles. The van der Waals surface area contributed by atoms with Gasteiger partial charge in [-0.2, -0.15) is 0 Å². The standard InChI is InChI=1S/C29H31N5O3/c1-18(2)31-28(37)34(16-21-8-5-4-7-19(21)3)17-25(35)32-23-11-10-20-14-29(15-22(20)13-23)24-9-6-12-30-26(24)33-27(29)36/h4-13,18H,14-17H2,1-3H3,(H,31,37)(H,32,35)(H,30,33,36). The van der Waals surface area contributed by atoms with Crippen molar-refractivity contribution in [3.63, 3.8) is 0 Å². The lowest BCUT2D eigenvalue weighted by molar-refractivity contribution is -0.120. The highest BCUT2D eigenvalue weighted by molar-refractivity contribution is 6.06. The Balaban J connectivity index is 1.31. The average molecular weight is 498 g/mol. The van der Waals surface area contributed by atoms with Gasteiger partial charge in [0, 0.05) is 30.0 Å². The monoisotopic (exact) mass is 497 g/mol. The van der Waals surface area contributed by atoms with Crippen molar-refractivity contribution in [3.8, 4) is 0 Å². The summed E-state index contributed by atoms with van der Waals surface area (Å²) in [7, 11) is 0. The molecule has 1 aliphatic heterocycles. The molecule has 1 unspecified atom stereocenters. The number of nitrogens with zero attached hydrogens (tertiary/aromatic N) is 2. The number of fused-ring (bicyclic) bond motifs is 3. The first-order valence-electron chi connectivity index (χ1n) is 12.5. The number of carbonyl (C=O) groups is 3. The number of carbonyl (C=O) groups excluding carboxylic acids is 3. The number of benzene rings is 2. The van der Waals surface area contributed by atoms with E-state index in [9.17, 15) is 14.4 Å². The summed E-state index contributed by atoms with van der Waals surface area (Å²) < 4.78 is 0. The van der Waals surface area contributed by atoms with Crippen molar-refractivity contribution >= 4 is 29.4 Å². The highest BCUT2D eigenvalue weighted by Crippen LogP contribution is 2.46. The minimum Gasteiger partial charge on any atom is -0.336 e. The molecule has 190 valence electrons. The molecule has 1 aromatic heterocycles. The maximum absolute atomic E-state index is 13.0. The van der Waals surface area contributed by atoms with Gasteiger partial charge in [-0.3, -0.25) is 9.59 Å². The van der Waals surface area contributed by atoms with Gasteiger partial charge in [0.2, 0.25) is 11.8 Å². The number of hydrogen-bond acceptors (Lipinski definition) is 4. The van der Waals surface area contributed by atoms with Gasteiger partial charge in [0.25, 0.3) is 0 Å². The summed E-state index contributed by atoms with van der Waals surface area (Å²) in [4.78, 5) is 44.7. The lowest BCUT2D eigenvalue weighted by Crippen LogP contribution is -2.45. The Bertz CT molecular complexity index is 1390. The maximum atomic E-state index is 13.0. The highest BCUT2D eigenvalue weighted by Gasteiger charge is 2.51. The number of nitrogens with one attached hydrogen (secondary N) is 3. The molecule has 8 nitrogen and oxygen atoms in total. The molecule has 0 radical (unpaired) electrons. The molecule has 37 heavy (non-hydrogen) atoms. The molecule has 3 N–H and O–H groups in total. The zero-order valence-corrected chi connectivity index (χ0v) is 21.3. The van der Waals surface area contributed by atoms with Gasteiger partial charge >= 0.3 is 6.03 Å². The summed E-state index contributed by atoms with van der Waals surface area (Å²) in [5.41, 5.74) is 5.07. The van der Waals surface area contributed by atoms with Crippen LogP contribution in [0.4, 0.5) is 16.3 Å². The summed E-state index contributed by atoms with van der Waals surface area (Å²) in [5, 5.41) is 8.75. The highest BCUT2D eigenvalue weighted by atomic mass is 16.2. The third-order valence-corrected chi connectivity index (χ3v) is 7.12. The van der Waals surface area contributed by atoms with Gasteiger partial charge in [0.15, 0.2) is 0 Å². The van der Waals surface area contributed by atoms with Gasteiger partial charge in [0.1, 0.15) is 12.4 Å². The van der Waals surface area contributed by atoms with E-state index in [1.807, 2.05) is 75.4 Å². The van der Waals surface area contributed by atoms with Crippen LogP contribution in [0.25, 0.3) is 0 Å². The molecule has 1 atom stereocenters. The molecule has 8 heteroatoms. The normalized spacial score (nSPS) is 17.4. The van der Waals surface area contributed by atoms with Crippen LogP contribution in [0.2, 0.25) is 0 Å². The quantitative estimate of drug-likeness (QED) is 0.480. The van der Waals surface area contributed by atoms with E-state index in [4.69, 9.17) is 0 Å². The molecule has 1 aliphatic carbocycles. The Labute approximate surface area is 216 Å². The van der Waals surface area contributed by atoms with Crippen molar-refractivity contribution in [2.45, 2.75) is 51.6 Å². The second-order valence-electron chi connectivity index (χ2n) is 10.2. The number of aryl methyl sites for hydroxylation is 1. The largest absolute Gasteiger partial charge is 0.336 e. The molecule has 0 saturated heterocycles.